The number of esters is 1. The van der Waals surface area contributed by atoms with E-state index in [4.69, 9.17) is 4.74 Å². The molecule has 0 saturated carbocycles. The molecular formula is C10H15ClN2O2. The number of hydrogen-bond acceptors (Lipinski definition) is 3. The summed E-state index contributed by atoms with van der Waals surface area (Å²) in [4.78, 5) is 15.7. The Bertz CT molecular complexity index is 338. The van der Waals surface area contributed by atoms with Crippen molar-refractivity contribution in [1.29, 1.82) is 0 Å². The van der Waals surface area contributed by atoms with Crippen molar-refractivity contribution in [2.45, 2.75) is 26.3 Å². The average molecular weight is 231 g/mol. The number of fused-ring (bicyclic) bond motifs is 1. The first kappa shape index (κ1) is 12.0. The Hall–Kier alpha value is -1.03. The highest BCUT2D eigenvalue weighted by Gasteiger charge is 2.25. The number of aromatic nitrogens is 2. The molecule has 0 fully saturated rings. The van der Waals surface area contributed by atoms with E-state index in [2.05, 4.69) is 4.98 Å². The van der Waals surface area contributed by atoms with Gasteiger partial charge in [0.1, 0.15) is 5.82 Å². The van der Waals surface area contributed by atoms with Crippen LogP contribution in [0.1, 0.15) is 19.2 Å². The quantitative estimate of drug-likeness (QED) is 0.722. The Balaban J connectivity index is 0.00000112. The molecule has 1 aliphatic heterocycles. The van der Waals surface area contributed by atoms with Crippen molar-refractivity contribution in [1.82, 2.24) is 9.55 Å². The molecule has 1 aromatic heterocycles. The van der Waals surface area contributed by atoms with Gasteiger partial charge in [-0.05, 0) is 13.3 Å². The molecule has 4 nitrogen and oxygen atoms in total. The van der Waals surface area contributed by atoms with Crippen molar-refractivity contribution in [3.8, 4) is 0 Å². The van der Waals surface area contributed by atoms with Crippen molar-refractivity contribution < 1.29 is 9.53 Å². The molecule has 0 aromatic carbocycles. The van der Waals surface area contributed by atoms with E-state index in [1.165, 1.54) is 0 Å². The topological polar surface area (TPSA) is 44.1 Å². The fourth-order valence-corrected chi connectivity index (χ4v) is 1.82. The summed E-state index contributed by atoms with van der Waals surface area (Å²) in [6.07, 6.45) is 5.43. The zero-order chi connectivity index (χ0) is 9.97. The summed E-state index contributed by atoms with van der Waals surface area (Å²) in [5.74, 6) is 1.01. The summed E-state index contributed by atoms with van der Waals surface area (Å²) in [5.41, 5.74) is 0. The number of halogens is 1. The molecule has 15 heavy (non-hydrogen) atoms. The van der Waals surface area contributed by atoms with Crippen molar-refractivity contribution in [3.63, 3.8) is 0 Å². The number of ether oxygens (including phenoxy) is 1. The van der Waals surface area contributed by atoms with Gasteiger partial charge in [0.15, 0.2) is 0 Å². The van der Waals surface area contributed by atoms with Crippen LogP contribution in [0.2, 0.25) is 0 Å². The Morgan fingerprint density at radius 3 is 3.27 bits per heavy atom. The van der Waals surface area contributed by atoms with Gasteiger partial charge in [-0.2, -0.15) is 0 Å². The lowest BCUT2D eigenvalue weighted by Crippen LogP contribution is -2.28. The maximum atomic E-state index is 11.5. The minimum Gasteiger partial charge on any atom is -0.466 e. The monoisotopic (exact) mass is 230 g/mol. The maximum absolute atomic E-state index is 11.5. The van der Waals surface area contributed by atoms with Gasteiger partial charge in [0.2, 0.25) is 0 Å². The number of carbonyl (C=O) groups excluding carboxylic acids is 1. The second-order valence-corrected chi connectivity index (χ2v) is 3.48. The van der Waals surface area contributed by atoms with Crippen LogP contribution >= 0.6 is 12.4 Å². The first-order valence-corrected chi connectivity index (χ1v) is 4.98. The predicted molar refractivity (Wildman–Crippen MR) is 57.9 cm³/mol. The molecule has 1 aliphatic rings. The summed E-state index contributed by atoms with van der Waals surface area (Å²) >= 11 is 0. The molecular weight excluding hydrogens is 216 g/mol. The molecule has 0 bridgehead atoms. The summed E-state index contributed by atoms with van der Waals surface area (Å²) in [6, 6.07) is 0. The number of imidazole rings is 1. The van der Waals surface area contributed by atoms with Crippen molar-refractivity contribution in [2.24, 2.45) is 5.92 Å². The largest absolute Gasteiger partial charge is 0.466 e. The van der Waals surface area contributed by atoms with Crippen LogP contribution in [0.3, 0.4) is 0 Å². The van der Waals surface area contributed by atoms with Crippen LogP contribution in [0.25, 0.3) is 0 Å². The SMILES string of the molecule is CCOC(=O)C1CCc2nccn2C1.Cl. The minimum absolute atomic E-state index is 0. The number of rotatable bonds is 2. The van der Waals surface area contributed by atoms with E-state index in [1.807, 2.05) is 17.7 Å². The fraction of sp³-hybridized carbons (Fsp3) is 0.600. The molecule has 0 aliphatic carbocycles. The maximum Gasteiger partial charge on any atom is 0.310 e. The second kappa shape index (κ2) is 5.16. The highest BCUT2D eigenvalue weighted by atomic mass is 35.5. The normalized spacial score (nSPS) is 18.9. The highest BCUT2D eigenvalue weighted by Crippen LogP contribution is 2.19. The van der Waals surface area contributed by atoms with E-state index in [-0.39, 0.29) is 24.3 Å². The lowest BCUT2D eigenvalue weighted by Gasteiger charge is -2.21. The first-order valence-electron chi connectivity index (χ1n) is 4.98. The molecule has 0 spiro atoms. The summed E-state index contributed by atoms with van der Waals surface area (Å²) in [6.45, 7) is 3.02. The van der Waals surface area contributed by atoms with E-state index in [0.717, 1.165) is 18.7 Å². The Morgan fingerprint density at radius 2 is 2.53 bits per heavy atom. The first-order chi connectivity index (χ1) is 6.81. The van der Waals surface area contributed by atoms with E-state index < -0.39 is 0 Å². The van der Waals surface area contributed by atoms with Gasteiger partial charge < -0.3 is 9.30 Å². The van der Waals surface area contributed by atoms with Crippen LogP contribution in [-0.4, -0.2) is 22.1 Å². The summed E-state index contributed by atoms with van der Waals surface area (Å²) < 4.78 is 7.03. The van der Waals surface area contributed by atoms with Gasteiger partial charge in [-0.15, -0.1) is 12.4 Å². The average Bonchev–Trinajstić information content (AvgIpc) is 2.64. The van der Waals surface area contributed by atoms with Gasteiger partial charge in [0.05, 0.1) is 12.5 Å². The summed E-state index contributed by atoms with van der Waals surface area (Å²) in [7, 11) is 0. The summed E-state index contributed by atoms with van der Waals surface area (Å²) in [5, 5.41) is 0. The third-order valence-electron chi connectivity index (χ3n) is 2.56. The fourth-order valence-electron chi connectivity index (χ4n) is 1.82. The van der Waals surface area contributed by atoms with Crippen LogP contribution in [0.15, 0.2) is 12.4 Å². The molecule has 2 heterocycles. The molecule has 1 atom stereocenters. The zero-order valence-corrected chi connectivity index (χ0v) is 9.50. The Labute approximate surface area is 95.0 Å². The second-order valence-electron chi connectivity index (χ2n) is 3.48. The molecule has 1 unspecified atom stereocenters. The van der Waals surface area contributed by atoms with Crippen LogP contribution in [0.5, 0.6) is 0 Å². The number of hydrogen-bond donors (Lipinski definition) is 0. The van der Waals surface area contributed by atoms with Crippen molar-refractivity contribution in [2.75, 3.05) is 6.61 Å². The van der Waals surface area contributed by atoms with Gasteiger partial charge in [-0.25, -0.2) is 4.98 Å². The third-order valence-corrected chi connectivity index (χ3v) is 2.56. The van der Waals surface area contributed by atoms with Gasteiger partial charge in [0.25, 0.3) is 0 Å². The van der Waals surface area contributed by atoms with Crippen molar-refractivity contribution >= 4 is 18.4 Å². The van der Waals surface area contributed by atoms with E-state index in [0.29, 0.717) is 13.2 Å². The van der Waals surface area contributed by atoms with Gasteiger partial charge in [-0.3, -0.25) is 4.79 Å². The molecule has 84 valence electrons. The van der Waals surface area contributed by atoms with Crippen LogP contribution in [0, 0.1) is 5.92 Å². The molecule has 5 heteroatoms. The van der Waals surface area contributed by atoms with E-state index in [9.17, 15) is 4.79 Å². The number of carbonyl (C=O) groups is 1. The van der Waals surface area contributed by atoms with E-state index in [1.54, 1.807) is 6.20 Å². The Morgan fingerprint density at radius 1 is 1.73 bits per heavy atom. The van der Waals surface area contributed by atoms with Crippen LogP contribution in [0.4, 0.5) is 0 Å². The Kier molecular flexibility index (Phi) is 4.15. The predicted octanol–water partition coefficient (Wildman–Crippen LogP) is 1.43. The lowest BCUT2D eigenvalue weighted by atomic mass is 10.00. The lowest BCUT2D eigenvalue weighted by molar-refractivity contribution is -0.149. The molecule has 0 saturated heterocycles. The molecule has 0 amide bonds. The molecule has 1 aromatic rings. The van der Waals surface area contributed by atoms with Crippen LogP contribution < -0.4 is 0 Å². The van der Waals surface area contributed by atoms with Crippen LogP contribution in [-0.2, 0) is 22.5 Å². The van der Waals surface area contributed by atoms with Crippen molar-refractivity contribution in [3.05, 3.63) is 18.2 Å². The molecule has 2 rings (SSSR count). The smallest absolute Gasteiger partial charge is 0.310 e. The number of nitrogens with zero attached hydrogens (tertiary/aromatic N) is 2. The molecule has 0 radical (unpaired) electrons. The highest BCUT2D eigenvalue weighted by molar-refractivity contribution is 5.85. The zero-order valence-electron chi connectivity index (χ0n) is 8.68. The third kappa shape index (κ3) is 2.50. The van der Waals surface area contributed by atoms with E-state index >= 15 is 0 Å². The van der Waals surface area contributed by atoms with Gasteiger partial charge >= 0.3 is 5.97 Å². The standard InChI is InChI=1S/C10H14N2O2.ClH/c1-2-14-10(13)8-3-4-9-11-5-6-12(9)7-8;/h5-6,8H,2-4,7H2,1H3;1H. The van der Waals surface area contributed by atoms with Gasteiger partial charge in [0, 0.05) is 25.4 Å². The minimum atomic E-state index is -0.0770. The number of aryl methyl sites for hydroxylation is 1. The van der Waals surface area contributed by atoms with Gasteiger partial charge in [-0.1, -0.05) is 0 Å². The molecule has 0 N–H and O–H groups in total.